The molecule has 1 radical (unpaired) electrons. The first kappa shape index (κ1) is 9.65. The van der Waals surface area contributed by atoms with E-state index >= 15 is 0 Å². The summed E-state index contributed by atoms with van der Waals surface area (Å²) in [5.41, 5.74) is 1.38. The Hall–Kier alpha value is -1.56. The lowest BCUT2D eigenvalue weighted by Crippen LogP contribution is -1.99. The summed E-state index contributed by atoms with van der Waals surface area (Å²) < 4.78 is 0. The molecule has 0 aliphatic heterocycles. The first-order valence-electron chi connectivity index (χ1n) is 5.95. The van der Waals surface area contributed by atoms with E-state index in [1.807, 2.05) is 0 Å². The minimum atomic E-state index is 1.22. The van der Waals surface area contributed by atoms with Crippen molar-refractivity contribution in [2.24, 2.45) is 0 Å². The Balaban J connectivity index is 2.04. The van der Waals surface area contributed by atoms with Gasteiger partial charge in [0.05, 0.1) is 0 Å². The lowest BCUT2D eigenvalue weighted by atomic mass is 9.88. The van der Waals surface area contributed by atoms with Crippen LogP contribution in [0.5, 0.6) is 0 Å². The van der Waals surface area contributed by atoms with Gasteiger partial charge in [0.15, 0.2) is 0 Å². The van der Waals surface area contributed by atoms with Gasteiger partial charge in [-0.05, 0) is 35.6 Å². The van der Waals surface area contributed by atoms with Crippen molar-refractivity contribution >= 4 is 10.8 Å². The smallest absolute Gasteiger partial charge is 0.0264 e. The molecule has 0 fully saturated rings. The van der Waals surface area contributed by atoms with Crippen LogP contribution in [0, 0.1) is 5.92 Å². The van der Waals surface area contributed by atoms with Gasteiger partial charge in [0.25, 0.3) is 0 Å². The van der Waals surface area contributed by atoms with Crippen LogP contribution < -0.4 is 0 Å². The molecule has 0 N–H and O–H groups in total. The Bertz CT molecular complexity index is 522. The van der Waals surface area contributed by atoms with E-state index in [0.717, 1.165) is 0 Å². The van der Waals surface area contributed by atoms with Gasteiger partial charge in [-0.3, -0.25) is 0 Å². The summed E-state index contributed by atoms with van der Waals surface area (Å²) in [4.78, 5) is 0. The van der Waals surface area contributed by atoms with Crippen LogP contribution in [-0.4, -0.2) is 0 Å². The van der Waals surface area contributed by atoms with Crippen LogP contribution in [0.25, 0.3) is 10.8 Å². The van der Waals surface area contributed by atoms with E-state index in [-0.39, 0.29) is 0 Å². The second-order valence-corrected chi connectivity index (χ2v) is 4.38. The highest BCUT2D eigenvalue weighted by Gasteiger charge is 2.11. The third-order valence-electron chi connectivity index (χ3n) is 3.26. The van der Waals surface area contributed by atoms with Gasteiger partial charge in [0.1, 0.15) is 0 Å². The molecule has 2 aromatic rings. The Morgan fingerprint density at radius 1 is 0.875 bits per heavy atom. The highest BCUT2D eigenvalue weighted by atomic mass is 14.2. The van der Waals surface area contributed by atoms with Crippen molar-refractivity contribution in [3.63, 3.8) is 0 Å². The third-order valence-corrected chi connectivity index (χ3v) is 3.26. The Morgan fingerprint density at radius 2 is 1.75 bits per heavy atom. The zero-order chi connectivity index (χ0) is 10.8. The van der Waals surface area contributed by atoms with Crippen molar-refractivity contribution in [3.8, 4) is 0 Å². The molecule has 0 atom stereocenters. The van der Waals surface area contributed by atoms with Gasteiger partial charge in [-0.25, -0.2) is 0 Å². The molecule has 1 aliphatic carbocycles. The summed E-state index contributed by atoms with van der Waals surface area (Å²) in [6, 6.07) is 15.3. The van der Waals surface area contributed by atoms with E-state index in [9.17, 15) is 0 Å². The molecule has 0 spiro atoms. The summed E-state index contributed by atoms with van der Waals surface area (Å²) in [7, 11) is 0. The molecule has 0 saturated carbocycles. The Labute approximate surface area is 96.6 Å². The van der Waals surface area contributed by atoms with Gasteiger partial charge >= 0.3 is 0 Å². The van der Waals surface area contributed by atoms with Crippen LogP contribution in [0.2, 0.25) is 0 Å². The first-order valence-corrected chi connectivity index (χ1v) is 5.95. The highest BCUT2D eigenvalue weighted by molar-refractivity contribution is 5.83. The van der Waals surface area contributed by atoms with E-state index in [1.54, 1.807) is 0 Å². The molecule has 0 heteroatoms. The molecule has 0 saturated heterocycles. The normalized spacial score (nSPS) is 16.8. The lowest BCUT2D eigenvalue weighted by Gasteiger charge is -2.16. The molecular weight excluding hydrogens is 192 g/mol. The van der Waals surface area contributed by atoms with Crippen LogP contribution in [0.4, 0.5) is 0 Å². The molecular formula is C16H15. The average Bonchev–Trinajstić information content (AvgIpc) is 2.39. The van der Waals surface area contributed by atoms with Crippen molar-refractivity contribution in [1.29, 1.82) is 0 Å². The van der Waals surface area contributed by atoms with Crippen molar-refractivity contribution < 1.29 is 0 Å². The number of allylic oxidation sites excluding steroid dienone is 2. The molecule has 2 aromatic carbocycles. The molecule has 0 amide bonds. The maximum absolute atomic E-state index is 2.31. The van der Waals surface area contributed by atoms with E-state index < -0.39 is 0 Å². The van der Waals surface area contributed by atoms with Gasteiger partial charge in [0, 0.05) is 5.92 Å². The molecule has 0 bridgehead atoms. The molecule has 0 unspecified atom stereocenters. The van der Waals surface area contributed by atoms with Gasteiger partial charge < -0.3 is 0 Å². The second-order valence-electron chi connectivity index (χ2n) is 4.38. The van der Waals surface area contributed by atoms with Gasteiger partial charge in [0.2, 0.25) is 0 Å². The van der Waals surface area contributed by atoms with Crippen LogP contribution in [0.15, 0.2) is 54.6 Å². The Kier molecular flexibility index (Phi) is 2.49. The van der Waals surface area contributed by atoms with Crippen molar-refractivity contribution in [2.45, 2.75) is 19.3 Å². The molecule has 0 heterocycles. The highest BCUT2D eigenvalue weighted by Crippen LogP contribution is 2.28. The quantitative estimate of drug-likeness (QED) is 0.645. The molecule has 0 nitrogen and oxygen atoms in total. The van der Waals surface area contributed by atoms with E-state index in [4.69, 9.17) is 0 Å². The Morgan fingerprint density at radius 3 is 2.56 bits per heavy atom. The van der Waals surface area contributed by atoms with Crippen LogP contribution in [0.1, 0.15) is 24.8 Å². The van der Waals surface area contributed by atoms with E-state index in [2.05, 4.69) is 54.6 Å². The zero-order valence-electron chi connectivity index (χ0n) is 9.32. The van der Waals surface area contributed by atoms with Crippen LogP contribution in [-0.2, 0) is 0 Å². The number of hydrogen-bond acceptors (Lipinski definition) is 0. The summed E-state index contributed by atoms with van der Waals surface area (Å²) in [5.74, 6) is 1.48. The molecule has 79 valence electrons. The number of hydrogen-bond donors (Lipinski definition) is 0. The SMILES string of the molecule is C1=C[C](c2ccc3ccccc3c2)CCC1. The first-order chi connectivity index (χ1) is 7.93. The summed E-state index contributed by atoms with van der Waals surface area (Å²) in [6.45, 7) is 0. The maximum Gasteiger partial charge on any atom is 0.0264 e. The van der Waals surface area contributed by atoms with E-state index in [0.29, 0.717) is 0 Å². The minimum absolute atomic E-state index is 1.22. The lowest BCUT2D eigenvalue weighted by molar-refractivity contribution is 0.771. The monoisotopic (exact) mass is 207 g/mol. The maximum atomic E-state index is 2.31. The van der Waals surface area contributed by atoms with E-state index in [1.165, 1.54) is 41.5 Å². The zero-order valence-corrected chi connectivity index (χ0v) is 9.32. The molecule has 1 aliphatic rings. The summed E-state index contributed by atoms with van der Waals surface area (Å²) in [5, 5.41) is 2.66. The van der Waals surface area contributed by atoms with Crippen LogP contribution >= 0.6 is 0 Å². The van der Waals surface area contributed by atoms with Crippen LogP contribution in [0.3, 0.4) is 0 Å². The fourth-order valence-electron chi connectivity index (χ4n) is 2.35. The average molecular weight is 207 g/mol. The molecule has 3 rings (SSSR count). The number of benzene rings is 2. The topological polar surface area (TPSA) is 0 Å². The van der Waals surface area contributed by atoms with Crippen molar-refractivity contribution in [1.82, 2.24) is 0 Å². The van der Waals surface area contributed by atoms with Crippen molar-refractivity contribution in [2.75, 3.05) is 0 Å². The molecule has 0 aromatic heterocycles. The predicted octanol–water partition coefficient (Wildman–Crippen LogP) is 4.50. The number of rotatable bonds is 1. The van der Waals surface area contributed by atoms with Gasteiger partial charge in [-0.15, -0.1) is 0 Å². The van der Waals surface area contributed by atoms with Crippen molar-refractivity contribution in [3.05, 3.63) is 66.1 Å². The molecule has 16 heavy (non-hydrogen) atoms. The fraction of sp³-hybridized carbons (Fsp3) is 0.188. The summed E-state index contributed by atoms with van der Waals surface area (Å²) in [6.07, 6.45) is 8.31. The standard InChI is InChI=1S/C16H15/c1-2-6-13(7-3-1)16-11-10-14-8-4-5-9-15(14)12-16/h2,4-6,8-12H,1,3,7H2. The largest absolute Gasteiger partial charge is 0.0876 e. The predicted molar refractivity (Wildman–Crippen MR) is 69.3 cm³/mol. The van der Waals surface area contributed by atoms with Gasteiger partial charge in [-0.2, -0.15) is 0 Å². The van der Waals surface area contributed by atoms with Gasteiger partial charge in [-0.1, -0.05) is 54.6 Å². The minimum Gasteiger partial charge on any atom is -0.0876 e. The summed E-state index contributed by atoms with van der Waals surface area (Å²) >= 11 is 0. The fourth-order valence-corrected chi connectivity index (χ4v) is 2.35. The third kappa shape index (κ3) is 1.76. The number of fused-ring (bicyclic) bond motifs is 1. The second kappa shape index (κ2) is 4.13.